The number of nitrogens with zero attached hydrogens (tertiary/aromatic N) is 1. The predicted octanol–water partition coefficient (Wildman–Crippen LogP) is 1.25. The number of β-amino-alcohol motifs (C(OH)–C–C–N with tert-alkyl or cyclic N) is 1. The minimum absolute atomic E-state index is 0.0740. The van der Waals surface area contributed by atoms with Gasteiger partial charge >= 0.3 is 0 Å². The Balaban J connectivity index is 2.02. The summed E-state index contributed by atoms with van der Waals surface area (Å²) in [6, 6.07) is 0. The molecule has 0 unspecified atom stereocenters. The smallest absolute Gasteiger partial charge is 0.227 e. The number of amides is 1. The molecule has 0 aliphatic carbocycles. The van der Waals surface area contributed by atoms with E-state index in [1.165, 1.54) is 11.3 Å². The minimum Gasteiger partial charge on any atom is -0.391 e. The van der Waals surface area contributed by atoms with Crippen LogP contribution in [0, 0.1) is 10.9 Å². The average Bonchev–Trinajstić information content (AvgIpc) is 2.74. The second-order valence-corrected chi connectivity index (χ2v) is 5.79. The number of aryl methyl sites for hydroxylation is 1. The largest absolute Gasteiger partial charge is 0.391 e. The van der Waals surface area contributed by atoms with Crippen LogP contribution in [0.1, 0.15) is 17.0 Å². The fraction of sp³-hybridized carbons (Fsp3) is 0.600. The van der Waals surface area contributed by atoms with Crippen molar-refractivity contribution in [1.82, 2.24) is 9.88 Å². The number of rotatable bonds is 2. The quantitative estimate of drug-likeness (QED) is 0.785. The summed E-state index contributed by atoms with van der Waals surface area (Å²) in [5.74, 6) is 0.0740. The van der Waals surface area contributed by atoms with Crippen molar-refractivity contribution in [2.45, 2.75) is 25.9 Å². The molecule has 6 heteroatoms. The zero-order valence-electron chi connectivity index (χ0n) is 9.02. The van der Waals surface area contributed by atoms with Crippen LogP contribution in [0.5, 0.6) is 0 Å². The number of nitrogens with one attached hydrogen (secondary N) is 1. The van der Waals surface area contributed by atoms with E-state index in [1.54, 1.807) is 4.90 Å². The van der Waals surface area contributed by atoms with E-state index in [2.05, 4.69) is 4.98 Å². The Morgan fingerprint density at radius 2 is 2.50 bits per heavy atom. The van der Waals surface area contributed by atoms with Crippen molar-refractivity contribution in [3.8, 4) is 0 Å². The van der Waals surface area contributed by atoms with Crippen molar-refractivity contribution >= 4 is 29.5 Å². The van der Waals surface area contributed by atoms with E-state index < -0.39 is 0 Å². The van der Waals surface area contributed by atoms with Crippen molar-refractivity contribution in [1.29, 1.82) is 0 Å². The summed E-state index contributed by atoms with van der Waals surface area (Å²) in [7, 11) is 0. The first-order chi connectivity index (χ1) is 7.56. The Morgan fingerprint density at radius 3 is 3.00 bits per heavy atom. The fourth-order valence-corrected chi connectivity index (χ4v) is 3.11. The highest BCUT2D eigenvalue weighted by Gasteiger charge is 2.25. The summed E-state index contributed by atoms with van der Waals surface area (Å²) in [6.45, 7) is 3.05. The molecule has 1 saturated heterocycles. The third kappa shape index (κ3) is 2.50. The van der Waals surface area contributed by atoms with Gasteiger partial charge in [0, 0.05) is 23.7 Å². The van der Waals surface area contributed by atoms with Crippen LogP contribution in [-0.4, -0.2) is 40.1 Å². The maximum atomic E-state index is 11.9. The molecule has 0 saturated carbocycles. The second kappa shape index (κ2) is 4.65. The average molecular weight is 258 g/mol. The van der Waals surface area contributed by atoms with Crippen LogP contribution in [0.2, 0.25) is 0 Å². The van der Waals surface area contributed by atoms with Crippen LogP contribution in [0.25, 0.3) is 0 Å². The second-order valence-electron chi connectivity index (χ2n) is 4.02. The van der Waals surface area contributed by atoms with Crippen LogP contribution in [0.4, 0.5) is 0 Å². The Bertz CT molecular complexity index is 452. The molecule has 0 bridgehead atoms. The zero-order valence-corrected chi connectivity index (χ0v) is 10.7. The monoisotopic (exact) mass is 258 g/mol. The first-order valence-corrected chi connectivity index (χ1v) is 6.43. The van der Waals surface area contributed by atoms with Crippen LogP contribution in [0.15, 0.2) is 0 Å². The highest BCUT2D eigenvalue weighted by atomic mass is 32.1. The molecule has 88 valence electrons. The van der Waals surface area contributed by atoms with Crippen molar-refractivity contribution in [2.75, 3.05) is 13.1 Å². The number of likely N-dealkylation sites (tertiary alicyclic amines) is 1. The molecular weight excluding hydrogens is 244 g/mol. The lowest BCUT2D eigenvalue weighted by atomic mass is 10.3. The van der Waals surface area contributed by atoms with Crippen molar-refractivity contribution in [3.05, 3.63) is 14.5 Å². The molecule has 2 heterocycles. The van der Waals surface area contributed by atoms with Crippen molar-refractivity contribution in [2.24, 2.45) is 0 Å². The van der Waals surface area contributed by atoms with Gasteiger partial charge in [0.1, 0.15) is 0 Å². The van der Waals surface area contributed by atoms with Gasteiger partial charge in [-0.3, -0.25) is 4.79 Å². The van der Waals surface area contributed by atoms with Crippen LogP contribution in [-0.2, 0) is 11.2 Å². The summed E-state index contributed by atoms with van der Waals surface area (Å²) >= 11 is 6.48. The summed E-state index contributed by atoms with van der Waals surface area (Å²) < 4.78 is 0.710. The molecule has 1 aliphatic heterocycles. The van der Waals surface area contributed by atoms with Gasteiger partial charge in [-0.25, -0.2) is 0 Å². The zero-order chi connectivity index (χ0) is 11.7. The molecule has 2 N–H and O–H groups in total. The molecule has 1 fully saturated rings. The third-order valence-electron chi connectivity index (χ3n) is 2.75. The van der Waals surface area contributed by atoms with Gasteiger partial charge in [0.15, 0.2) is 3.95 Å². The van der Waals surface area contributed by atoms with E-state index >= 15 is 0 Å². The van der Waals surface area contributed by atoms with Crippen molar-refractivity contribution in [3.63, 3.8) is 0 Å². The van der Waals surface area contributed by atoms with Crippen LogP contribution in [0.3, 0.4) is 0 Å². The lowest BCUT2D eigenvalue weighted by Gasteiger charge is -2.14. The lowest BCUT2D eigenvalue weighted by molar-refractivity contribution is -0.129. The van der Waals surface area contributed by atoms with E-state index in [0.29, 0.717) is 29.9 Å². The van der Waals surface area contributed by atoms with Gasteiger partial charge in [-0.15, -0.1) is 11.3 Å². The molecule has 1 atom stereocenters. The number of hydrogen-bond acceptors (Lipinski definition) is 4. The SMILES string of the molecule is Cc1[nH]c(=S)sc1CC(=O)N1CC[C@@H](O)C1. The van der Waals surface area contributed by atoms with Gasteiger partial charge in [0.25, 0.3) is 0 Å². The van der Waals surface area contributed by atoms with Gasteiger partial charge in [-0.1, -0.05) is 0 Å². The number of H-pyrrole nitrogens is 1. The molecule has 1 aliphatic rings. The summed E-state index contributed by atoms with van der Waals surface area (Å²) in [5.41, 5.74) is 0.975. The highest BCUT2D eigenvalue weighted by molar-refractivity contribution is 7.73. The summed E-state index contributed by atoms with van der Waals surface area (Å²) in [5, 5.41) is 9.36. The predicted molar refractivity (Wildman–Crippen MR) is 65.1 cm³/mol. The number of aromatic amines is 1. The Labute approximate surface area is 103 Å². The number of carbonyl (C=O) groups excluding carboxylic acids is 1. The molecule has 16 heavy (non-hydrogen) atoms. The van der Waals surface area contributed by atoms with Crippen LogP contribution < -0.4 is 0 Å². The molecule has 2 rings (SSSR count). The van der Waals surface area contributed by atoms with Crippen LogP contribution >= 0.6 is 23.6 Å². The topological polar surface area (TPSA) is 56.3 Å². The van der Waals surface area contributed by atoms with E-state index in [0.717, 1.165) is 10.6 Å². The number of aliphatic hydroxyl groups is 1. The Morgan fingerprint density at radius 1 is 1.75 bits per heavy atom. The molecule has 4 nitrogen and oxygen atoms in total. The third-order valence-corrected chi connectivity index (χ3v) is 4.09. The van der Waals surface area contributed by atoms with Gasteiger partial charge < -0.3 is 15.0 Å². The maximum absolute atomic E-state index is 11.9. The number of aromatic nitrogens is 1. The molecule has 1 aromatic rings. The molecular formula is C10H14N2O2S2. The first kappa shape index (κ1) is 11.8. The van der Waals surface area contributed by atoms with E-state index in [9.17, 15) is 9.90 Å². The number of aliphatic hydroxyl groups excluding tert-OH is 1. The molecule has 0 spiro atoms. The Kier molecular flexibility index (Phi) is 3.41. The summed E-state index contributed by atoms with van der Waals surface area (Å²) in [6.07, 6.45) is 0.721. The van der Waals surface area contributed by atoms with Gasteiger partial charge in [-0.2, -0.15) is 0 Å². The fourth-order valence-electron chi connectivity index (χ4n) is 1.82. The number of carbonyl (C=O) groups is 1. The van der Waals surface area contributed by atoms with E-state index in [4.69, 9.17) is 12.2 Å². The standard InChI is InChI=1S/C10H14N2O2S2/c1-6-8(16-10(15)11-6)4-9(14)12-3-2-7(13)5-12/h7,13H,2-5H2,1H3,(H,11,15)/t7-/m1/s1. The van der Waals surface area contributed by atoms with Gasteiger partial charge in [0.05, 0.1) is 12.5 Å². The lowest BCUT2D eigenvalue weighted by Crippen LogP contribution is -2.30. The normalized spacial score (nSPS) is 20.4. The van der Waals surface area contributed by atoms with Gasteiger partial charge in [-0.05, 0) is 25.6 Å². The van der Waals surface area contributed by atoms with Gasteiger partial charge in [0.2, 0.25) is 5.91 Å². The summed E-state index contributed by atoms with van der Waals surface area (Å²) in [4.78, 5) is 17.6. The molecule has 0 radical (unpaired) electrons. The maximum Gasteiger partial charge on any atom is 0.227 e. The first-order valence-electron chi connectivity index (χ1n) is 5.20. The van der Waals surface area contributed by atoms with E-state index in [1.807, 2.05) is 6.92 Å². The molecule has 1 aromatic heterocycles. The molecule has 1 amide bonds. The number of hydrogen-bond donors (Lipinski definition) is 2. The van der Waals surface area contributed by atoms with Crippen molar-refractivity contribution < 1.29 is 9.90 Å². The van der Waals surface area contributed by atoms with E-state index in [-0.39, 0.29) is 12.0 Å². The highest BCUT2D eigenvalue weighted by Crippen LogP contribution is 2.17. The Hall–Kier alpha value is -0.720. The number of thiazole rings is 1. The minimum atomic E-state index is -0.352. The molecule has 0 aromatic carbocycles.